The molecule has 0 N–H and O–H groups in total. The third kappa shape index (κ3) is 3.92. The van der Waals surface area contributed by atoms with Crippen molar-refractivity contribution in [1.29, 1.82) is 0 Å². The Bertz CT molecular complexity index is 126. The van der Waals surface area contributed by atoms with Gasteiger partial charge in [-0.15, -0.1) is 16.0 Å². The number of nitrogens with zero attached hydrogens (tertiary/aromatic N) is 2. The first kappa shape index (κ1) is 10.0. The van der Waals surface area contributed by atoms with E-state index in [9.17, 15) is 9.18 Å². The number of halogens is 2. The Kier molecular flexibility index (Phi) is 4.76. The third-order valence-electron chi connectivity index (χ3n) is 0.678. The fourth-order valence-corrected chi connectivity index (χ4v) is 0.920. The van der Waals surface area contributed by atoms with Crippen LogP contribution in [-0.4, -0.2) is 34.9 Å². The van der Waals surface area contributed by atoms with E-state index in [1.807, 2.05) is 0 Å². The fraction of sp³-hybridized carbons (Fsp3) is 0.750. The minimum absolute atomic E-state index is 0.238. The lowest BCUT2D eigenvalue weighted by Crippen LogP contribution is -2.20. The van der Waals surface area contributed by atoms with E-state index in [0.717, 1.165) is 16.4 Å². The number of hydrogen-bond donors (Lipinski definition) is 0. The lowest BCUT2D eigenvalue weighted by molar-refractivity contribution is 0.209. The number of amides is 1. The molecule has 0 fully saturated rings. The Hall–Kier alpha value is -0.0000000000000000555. The maximum absolute atomic E-state index is 11.8. The van der Waals surface area contributed by atoms with E-state index < -0.39 is 6.16 Å². The van der Waals surface area contributed by atoms with Crippen LogP contribution < -0.4 is 0 Å². The van der Waals surface area contributed by atoms with Crippen LogP contribution in [0.1, 0.15) is 0 Å². The molecule has 0 aliphatic rings. The second kappa shape index (κ2) is 4.76. The highest BCUT2D eigenvalue weighted by Gasteiger charge is 2.09. The molecule has 3 nitrogen and oxygen atoms in total. The van der Waals surface area contributed by atoms with Crippen molar-refractivity contribution in [2.24, 2.45) is 0 Å². The molecule has 0 atom stereocenters. The number of alkyl halides is 1. The van der Waals surface area contributed by atoms with Gasteiger partial charge in [-0.3, -0.25) is 0 Å². The molecule has 0 unspecified atom stereocenters. The van der Waals surface area contributed by atoms with Crippen LogP contribution in [0.25, 0.3) is 0 Å². The molecule has 1 amide bonds. The maximum atomic E-state index is 11.8. The molecule has 10 heavy (non-hydrogen) atoms. The normalized spacial score (nSPS) is 10.1. The molecule has 0 aromatic rings. The molecule has 60 valence electrons. The van der Waals surface area contributed by atoms with Gasteiger partial charge in [-0.25, -0.2) is 13.4 Å². The van der Waals surface area contributed by atoms with Crippen LogP contribution in [-0.2, 0) is 0 Å². The number of carbonyl (C=O) groups excluding carboxylic acids is 1. The molecule has 0 aromatic carbocycles. The molecular formula is C4H8ClFN2OS. The van der Waals surface area contributed by atoms with Gasteiger partial charge in [0, 0.05) is 26.2 Å². The molecule has 6 heteroatoms. The average molecular weight is 187 g/mol. The average Bonchev–Trinajstić information content (AvgIpc) is 1.87. The van der Waals surface area contributed by atoms with Crippen molar-refractivity contribution in [3.05, 3.63) is 0 Å². The lowest BCUT2D eigenvalue weighted by atomic mass is 11.2. The Morgan fingerprint density at radius 2 is 2.20 bits per heavy atom. The maximum Gasteiger partial charge on any atom is 0.410 e. The van der Waals surface area contributed by atoms with E-state index >= 15 is 0 Å². The fourth-order valence-electron chi connectivity index (χ4n) is 0.263. The van der Waals surface area contributed by atoms with Crippen molar-refractivity contribution < 1.29 is 9.18 Å². The molecule has 0 saturated carbocycles. The Balaban J connectivity index is 3.56. The van der Waals surface area contributed by atoms with Crippen LogP contribution in [0, 0.1) is 0 Å². The van der Waals surface area contributed by atoms with E-state index in [1.54, 1.807) is 7.05 Å². The van der Waals surface area contributed by atoms with Gasteiger partial charge < -0.3 is 0 Å². The van der Waals surface area contributed by atoms with Crippen LogP contribution in [0.4, 0.5) is 9.18 Å². The highest BCUT2D eigenvalue weighted by Crippen LogP contribution is 2.12. The van der Waals surface area contributed by atoms with Gasteiger partial charge >= 0.3 is 6.16 Å². The summed E-state index contributed by atoms with van der Waals surface area (Å²) in [4.78, 5) is 9.96. The zero-order chi connectivity index (χ0) is 8.15. The molecular weight excluding hydrogens is 179 g/mol. The Morgan fingerprint density at radius 3 is 2.50 bits per heavy atom. The molecule has 0 bridgehead atoms. The minimum Gasteiger partial charge on any atom is -0.248 e. The Morgan fingerprint density at radius 1 is 1.70 bits per heavy atom. The van der Waals surface area contributed by atoms with Gasteiger partial charge in [0.15, 0.2) is 0 Å². The second-order valence-corrected chi connectivity index (χ2v) is 3.15. The molecule has 0 saturated heterocycles. The standard InChI is InChI=1S/C4H8ClFN2OS/c1-7(3-5)10-8(2)4(6)9/h3H2,1-2H3. The minimum atomic E-state index is -1.48. The van der Waals surface area contributed by atoms with Gasteiger partial charge in [0.1, 0.15) is 0 Å². The van der Waals surface area contributed by atoms with Crippen molar-refractivity contribution in [2.75, 3.05) is 20.1 Å². The van der Waals surface area contributed by atoms with E-state index in [2.05, 4.69) is 0 Å². The molecule has 0 radical (unpaired) electrons. The van der Waals surface area contributed by atoms with Crippen LogP contribution in [0.2, 0.25) is 0 Å². The Labute approximate surface area is 68.4 Å². The van der Waals surface area contributed by atoms with Crippen molar-refractivity contribution >= 4 is 29.9 Å². The van der Waals surface area contributed by atoms with Crippen molar-refractivity contribution in [3.8, 4) is 0 Å². The van der Waals surface area contributed by atoms with Gasteiger partial charge in [-0.1, -0.05) is 0 Å². The summed E-state index contributed by atoms with van der Waals surface area (Å²) in [5.41, 5.74) is 0. The van der Waals surface area contributed by atoms with Crippen LogP contribution >= 0.6 is 23.7 Å². The summed E-state index contributed by atoms with van der Waals surface area (Å²) < 4.78 is 14.2. The largest absolute Gasteiger partial charge is 0.410 e. The van der Waals surface area contributed by atoms with Crippen LogP contribution in [0.5, 0.6) is 0 Å². The summed E-state index contributed by atoms with van der Waals surface area (Å²) >= 11 is 6.26. The summed E-state index contributed by atoms with van der Waals surface area (Å²) in [7, 11) is 2.98. The van der Waals surface area contributed by atoms with Gasteiger partial charge in [0.05, 0.1) is 6.00 Å². The summed E-state index contributed by atoms with van der Waals surface area (Å²) in [5, 5.41) is 0. The predicted octanol–water partition coefficient (Wildman–Crippen LogP) is 1.70. The highest BCUT2D eigenvalue weighted by atomic mass is 35.5. The molecule has 0 spiro atoms. The van der Waals surface area contributed by atoms with Crippen LogP contribution in [0.3, 0.4) is 0 Å². The van der Waals surface area contributed by atoms with E-state index in [-0.39, 0.29) is 6.00 Å². The lowest BCUT2D eigenvalue weighted by Gasteiger charge is -2.16. The van der Waals surface area contributed by atoms with E-state index in [4.69, 9.17) is 11.6 Å². The number of rotatable bonds is 3. The zero-order valence-corrected chi connectivity index (χ0v) is 7.25. The van der Waals surface area contributed by atoms with Crippen molar-refractivity contribution in [3.63, 3.8) is 0 Å². The van der Waals surface area contributed by atoms with E-state index in [0.29, 0.717) is 0 Å². The topological polar surface area (TPSA) is 23.6 Å². The monoisotopic (exact) mass is 186 g/mol. The SMILES string of the molecule is CN(CCl)SN(C)C(=O)F. The highest BCUT2D eigenvalue weighted by molar-refractivity contribution is 7.95. The van der Waals surface area contributed by atoms with Gasteiger partial charge in [0.25, 0.3) is 0 Å². The smallest absolute Gasteiger partial charge is 0.248 e. The van der Waals surface area contributed by atoms with Crippen molar-refractivity contribution in [1.82, 2.24) is 8.61 Å². The molecule has 0 aromatic heterocycles. The van der Waals surface area contributed by atoms with E-state index in [1.165, 1.54) is 11.4 Å². The van der Waals surface area contributed by atoms with Gasteiger partial charge in [-0.05, 0) is 0 Å². The molecule has 0 aliphatic carbocycles. The molecule has 0 rings (SSSR count). The molecule has 0 heterocycles. The predicted molar refractivity (Wildman–Crippen MR) is 40.3 cm³/mol. The summed E-state index contributed by atoms with van der Waals surface area (Å²) in [6, 6.07) is 0.238. The van der Waals surface area contributed by atoms with Gasteiger partial charge in [-0.2, -0.15) is 0 Å². The summed E-state index contributed by atoms with van der Waals surface area (Å²) in [6.07, 6.45) is -1.48. The van der Waals surface area contributed by atoms with Gasteiger partial charge in [0.2, 0.25) is 0 Å². The van der Waals surface area contributed by atoms with Crippen molar-refractivity contribution in [2.45, 2.75) is 0 Å². The van der Waals surface area contributed by atoms with Crippen LogP contribution in [0.15, 0.2) is 0 Å². The first-order valence-electron chi connectivity index (χ1n) is 2.46. The number of hydrogen-bond acceptors (Lipinski definition) is 3. The number of carbonyl (C=O) groups is 1. The zero-order valence-electron chi connectivity index (χ0n) is 5.67. The quantitative estimate of drug-likeness (QED) is 0.290. The summed E-state index contributed by atoms with van der Waals surface area (Å²) in [6.45, 7) is 0. The molecule has 0 aliphatic heterocycles. The third-order valence-corrected chi connectivity index (χ3v) is 1.97. The first-order valence-corrected chi connectivity index (χ1v) is 3.72. The summed E-state index contributed by atoms with van der Waals surface area (Å²) in [5.74, 6) is 0. The first-order chi connectivity index (χ1) is 4.57. The second-order valence-electron chi connectivity index (χ2n) is 1.58.